The summed E-state index contributed by atoms with van der Waals surface area (Å²) in [6.07, 6.45) is 4.34. The zero-order chi connectivity index (χ0) is 16.4. The molecule has 24 heavy (non-hydrogen) atoms. The summed E-state index contributed by atoms with van der Waals surface area (Å²) in [6, 6.07) is 5.13. The van der Waals surface area contributed by atoms with Crippen LogP contribution in [-0.2, 0) is 20.8 Å². The molecule has 4 rings (SSSR count). The smallest absolute Gasteiger partial charge is 0.224 e. The highest BCUT2D eigenvalue weighted by molar-refractivity contribution is 7.09. The molecule has 3 aliphatic rings. The van der Waals surface area contributed by atoms with Gasteiger partial charge in [0.15, 0.2) is 0 Å². The molecule has 1 aromatic rings. The fourth-order valence-corrected chi connectivity index (χ4v) is 4.99. The van der Waals surface area contributed by atoms with Crippen molar-refractivity contribution in [3.63, 3.8) is 0 Å². The topological polar surface area (TPSA) is 50.8 Å². The van der Waals surface area contributed by atoms with Gasteiger partial charge in [0.2, 0.25) is 5.91 Å². The van der Waals surface area contributed by atoms with Gasteiger partial charge in [0.1, 0.15) is 0 Å². The highest BCUT2D eigenvalue weighted by Crippen LogP contribution is 2.34. The summed E-state index contributed by atoms with van der Waals surface area (Å²) < 4.78 is 11.5. The molecule has 0 unspecified atom stereocenters. The lowest BCUT2D eigenvalue weighted by atomic mass is 9.87. The van der Waals surface area contributed by atoms with Gasteiger partial charge in [-0.1, -0.05) is 6.07 Å². The molecule has 4 heterocycles. The number of nitrogens with zero attached hydrogens (tertiary/aromatic N) is 1. The molecule has 3 atom stereocenters. The van der Waals surface area contributed by atoms with E-state index in [4.69, 9.17) is 9.47 Å². The van der Waals surface area contributed by atoms with E-state index >= 15 is 0 Å². The molecule has 3 fully saturated rings. The van der Waals surface area contributed by atoms with Gasteiger partial charge in [-0.25, -0.2) is 0 Å². The SMILES string of the molecule is O=C(NCc1cccs1)[C@H]1C[C@@H]2OCC[C@@H]2N(C2CCOCC2)C1. The maximum atomic E-state index is 12.7. The first kappa shape index (κ1) is 16.5. The van der Waals surface area contributed by atoms with E-state index in [1.165, 1.54) is 4.88 Å². The second-order valence-corrected chi connectivity index (χ2v) is 8.07. The molecule has 3 aliphatic heterocycles. The first-order valence-corrected chi connectivity index (χ1v) is 9.94. The number of carbonyl (C=O) groups is 1. The maximum absolute atomic E-state index is 12.7. The highest BCUT2D eigenvalue weighted by Gasteiger charge is 2.44. The van der Waals surface area contributed by atoms with Gasteiger partial charge in [-0.05, 0) is 37.1 Å². The van der Waals surface area contributed by atoms with Crippen LogP contribution in [0.2, 0.25) is 0 Å². The quantitative estimate of drug-likeness (QED) is 0.903. The van der Waals surface area contributed by atoms with Crippen LogP contribution in [0.25, 0.3) is 0 Å². The first-order valence-electron chi connectivity index (χ1n) is 9.06. The molecule has 3 saturated heterocycles. The zero-order valence-corrected chi connectivity index (χ0v) is 14.8. The van der Waals surface area contributed by atoms with Gasteiger partial charge in [0, 0.05) is 43.3 Å². The van der Waals surface area contributed by atoms with Gasteiger partial charge in [0.05, 0.1) is 18.6 Å². The second-order valence-electron chi connectivity index (χ2n) is 7.04. The number of ether oxygens (including phenoxy) is 2. The van der Waals surface area contributed by atoms with Crippen LogP contribution in [0.1, 0.15) is 30.6 Å². The van der Waals surface area contributed by atoms with Crippen molar-refractivity contribution >= 4 is 17.2 Å². The van der Waals surface area contributed by atoms with Gasteiger partial charge >= 0.3 is 0 Å². The minimum Gasteiger partial charge on any atom is -0.381 e. The summed E-state index contributed by atoms with van der Waals surface area (Å²) in [4.78, 5) is 16.5. The third-order valence-electron chi connectivity index (χ3n) is 5.60. The molecule has 6 heteroatoms. The molecule has 0 aliphatic carbocycles. The Morgan fingerprint density at radius 3 is 2.96 bits per heavy atom. The van der Waals surface area contributed by atoms with E-state index in [-0.39, 0.29) is 17.9 Å². The third-order valence-corrected chi connectivity index (χ3v) is 6.47. The fraction of sp³-hybridized carbons (Fsp3) is 0.722. The average Bonchev–Trinajstić information content (AvgIpc) is 3.31. The monoisotopic (exact) mass is 350 g/mol. The number of nitrogens with one attached hydrogen (secondary N) is 1. The molecule has 0 spiro atoms. The van der Waals surface area contributed by atoms with E-state index in [1.54, 1.807) is 11.3 Å². The number of hydrogen-bond acceptors (Lipinski definition) is 5. The van der Waals surface area contributed by atoms with Crippen molar-refractivity contribution in [3.8, 4) is 0 Å². The maximum Gasteiger partial charge on any atom is 0.224 e. The van der Waals surface area contributed by atoms with Gasteiger partial charge in [-0.15, -0.1) is 11.3 Å². The summed E-state index contributed by atoms with van der Waals surface area (Å²) in [5, 5.41) is 5.17. The lowest BCUT2D eigenvalue weighted by molar-refractivity contribution is -0.131. The minimum atomic E-state index is 0.0344. The van der Waals surface area contributed by atoms with Crippen LogP contribution in [0.5, 0.6) is 0 Å². The van der Waals surface area contributed by atoms with Crippen molar-refractivity contribution in [2.24, 2.45) is 5.92 Å². The summed E-state index contributed by atoms with van der Waals surface area (Å²) in [6.45, 7) is 4.02. The second kappa shape index (κ2) is 7.52. The van der Waals surface area contributed by atoms with Gasteiger partial charge in [0.25, 0.3) is 0 Å². The molecule has 1 aromatic heterocycles. The standard InChI is InChI=1S/C18H26N2O3S/c21-18(19-11-15-2-1-9-24-15)13-10-17-16(5-8-23-17)20(12-13)14-3-6-22-7-4-14/h1-2,9,13-14,16-17H,3-8,10-12H2,(H,19,21)/t13-,16-,17-/m0/s1. The molecule has 0 aromatic carbocycles. The number of rotatable bonds is 4. The predicted molar refractivity (Wildman–Crippen MR) is 93.0 cm³/mol. The van der Waals surface area contributed by atoms with Crippen molar-refractivity contribution in [3.05, 3.63) is 22.4 Å². The van der Waals surface area contributed by atoms with E-state index < -0.39 is 0 Å². The number of piperidine rings is 1. The largest absolute Gasteiger partial charge is 0.381 e. The lowest BCUT2D eigenvalue weighted by Crippen LogP contribution is -2.57. The van der Waals surface area contributed by atoms with Crippen LogP contribution >= 0.6 is 11.3 Å². The van der Waals surface area contributed by atoms with Crippen molar-refractivity contribution in [2.75, 3.05) is 26.4 Å². The van der Waals surface area contributed by atoms with Gasteiger partial charge < -0.3 is 14.8 Å². The Kier molecular flexibility index (Phi) is 5.17. The molecule has 0 bridgehead atoms. The van der Waals surface area contributed by atoms with Gasteiger partial charge in [-0.2, -0.15) is 0 Å². The molecule has 0 saturated carbocycles. The van der Waals surface area contributed by atoms with Crippen molar-refractivity contribution in [2.45, 2.75) is 50.4 Å². The van der Waals surface area contributed by atoms with E-state index in [1.807, 2.05) is 11.4 Å². The van der Waals surface area contributed by atoms with E-state index in [2.05, 4.69) is 16.3 Å². The number of likely N-dealkylation sites (tertiary alicyclic amines) is 1. The Morgan fingerprint density at radius 2 is 2.17 bits per heavy atom. The van der Waals surface area contributed by atoms with Crippen molar-refractivity contribution in [1.29, 1.82) is 0 Å². The molecule has 0 radical (unpaired) electrons. The number of carbonyl (C=O) groups excluding carboxylic acids is 1. The van der Waals surface area contributed by atoms with E-state index in [0.717, 1.165) is 52.0 Å². The molecule has 1 amide bonds. The molecule has 1 N–H and O–H groups in total. The molecule has 132 valence electrons. The van der Waals surface area contributed by atoms with Crippen LogP contribution in [0.3, 0.4) is 0 Å². The highest BCUT2D eigenvalue weighted by atomic mass is 32.1. The number of fused-ring (bicyclic) bond motifs is 1. The van der Waals surface area contributed by atoms with Crippen LogP contribution in [0, 0.1) is 5.92 Å². The summed E-state index contributed by atoms with van der Waals surface area (Å²) in [7, 11) is 0. The Labute approximate surface area is 147 Å². The first-order chi connectivity index (χ1) is 11.8. The summed E-state index contributed by atoms with van der Waals surface area (Å²) >= 11 is 1.69. The van der Waals surface area contributed by atoms with Crippen LogP contribution in [0.15, 0.2) is 17.5 Å². The van der Waals surface area contributed by atoms with E-state index in [0.29, 0.717) is 18.6 Å². The number of thiophene rings is 1. The predicted octanol–water partition coefficient (Wildman–Crippen LogP) is 2.02. The summed E-state index contributed by atoms with van der Waals surface area (Å²) in [5.74, 6) is 0.210. The minimum absolute atomic E-state index is 0.0344. The van der Waals surface area contributed by atoms with Gasteiger partial charge in [-0.3, -0.25) is 9.69 Å². The van der Waals surface area contributed by atoms with Crippen molar-refractivity contribution in [1.82, 2.24) is 10.2 Å². The number of hydrogen-bond donors (Lipinski definition) is 1. The van der Waals surface area contributed by atoms with Crippen molar-refractivity contribution < 1.29 is 14.3 Å². The zero-order valence-electron chi connectivity index (χ0n) is 14.0. The third kappa shape index (κ3) is 3.52. The average molecular weight is 350 g/mol. The van der Waals surface area contributed by atoms with Crippen LogP contribution < -0.4 is 5.32 Å². The normalized spacial score (nSPS) is 31.8. The Hall–Kier alpha value is -0.950. The Morgan fingerprint density at radius 1 is 1.29 bits per heavy atom. The van der Waals surface area contributed by atoms with E-state index in [9.17, 15) is 4.79 Å². The van der Waals surface area contributed by atoms with Crippen LogP contribution in [0.4, 0.5) is 0 Å². The fourth-order valence-electron chi connectivity index (χ4n) is 4.34. The molecular weight excluding hydrogens is 324 g/mol. The Bertz CT molecular complexity index is 544. The molecular formula is C18H26N2O3S. The lowest BCUT2D eigenvalue weighted by Gasteiger charge is -2.45. The summed E-state index contributed by atoms with van der Waals surface area (Å²) in [5.41, 5.74) is 0. The molecule has 5 nitrogen and oxygen atoms in total. The van der Waals surface area contributed by atoms with Crippen LogP contribution in [-0.4, -0.2) is 55.4 Å². The Balaban J connectivity index is 1.40. The number of amides is 1.